The summed E-state index contributed by atoms with van der Waals surface area (Å²) in [4.78, 5) is 24.7. The van der Waals surface area contributed by atoms with Crippen LogP contribution < -0.4 is 26.1 Å². The molecule has 29 heavy (non-hydrogen) atoms. The number of carbonyl (C=O) groups is 2. The number of aromatic nitrogens is 2. The SMILES string of the molecule is Cc1cc(NC(=O)COc2ccccc2F)n(C2NC(=O)C3CNN(C)C3N2)n1. The van der Waals surface area contributed by atoms with Crippen LogP contribution in [0.3, 0.4) is 0 Å². The number of hydrazine groups is 1. The highest BCUT2D eigenvalue weighted by atomic mass is 19.1. The van der Waals surface area contributed by atoms with E-state index < -0.39 is 18.0 Å². The van der Waals surface area contributed by atoms with Crippen LogP contribution in [0.25, 0.3) is 0 Å². The molecule has 3 unspecified atom stereocenters. The highest BCUT2D eigenvalue weighted by Crippen LogP contribution is 2.23. The number of hydrogen-bond acceptors (Lipinski definition) is 7. The van der Waals surface area contributed by atoms with Crippen LogP contribution in [-0.4, -0.2) is 53.0 Å². The number of nitrogens with one attached hydrogen (secondary N) is 4. The van der Waals surface area contributed by atoms with Gasteiger partial charge in [-0.2, -0.15) is 5.10 Å². The topological polar surface area (TPSA) is 113 Å². The molecule has 4 N–H and O–H groups in total. The Kier molecular flexibility index (Phi) is 5.18. The molecule has 154 valence electrons. The number of amides is 2. The van der Waals surface area contributed by atoms with Crippen molar-refractivity contribution in [2.45, 2.75) is 19.4 Å². The maximum absolute atomic E-state index is 13.6. The smallest absolute Gasteiger partial charge is 0.263 e. The fraction of sp³-hybridized carbons (Fsp3) is 0.389. The van der Waals surface area contributed by atoms with E-state index in [0.717, 1.165) is 0 Å². The van der Waals surface area contributed by atoms with E-state index in [-0.39, 0.29) is 30.3 Å². The number of rotatable bonds is 5. The van der Waals surface area contributed by atoms with Gasteiger partial charge in [-0.1, -0.05) is 12.1 Å². The molecule has 2 aliphatic rings. The Morgan fingerprint density at radius 2 is 2.21 bits per heavy atom. The van der Waals surface area contributed by atoms with Gasteiger partial charge in [-0.05, 0) is 19.1 Å². The zero-order valence-electron chi connectivity index (χ0n) is 16.0. The number of aryl methyl sites for hydroxylation is 1. The molecule has 2 amide bonds. The summed E-state index contributed by atoms with van der Waals surface area (Å²) in [6.45, 7) is 1.95. The van der Waals surface area contributed by atoms with Crippen LogP contribution in [0.2, 0.25) is 0 Å². The molecule has 1 aromatic heterocycles. The molecule has 2 aromatic rings. The van der Waals surface area contributed by atoms with E-state index in [1.54, 1.807) is 19.1 Å². The maximum Gasteiger partial charge on any atom is 0.263 e. The molecule has 0 aliphatic carbocycles. The monoisotopic (exact) mass is 403 g/mol. The highest BCUT2D eigenvalue weighted by Gasteiger charge is 2.43. The fourth-order valence-electron chi connectivity index (χ4n) is 3.45. The Morgan fingerprint density at radius 3 is 3.00 bits per heavy atom. The van der Waals surface area contributed by atoms with Gasteiger partial charge in [0.05, 0.1) is 17.8 Å². The van der Waals surface area contributed by atoms with Gasteiger partial charge < -0.3 is 15.4 Å². The van der Waals surface area contributed by atoms with Crippen LogP contribution in [0.1, 0.15) is 12.0 Å². The third-order valence-electron chi connectivity index (χ3n) is 4.87. The van der Waals surface area contributed by atoms with Crippen molar-refractivity contribution in [2.75, 3.05) is 25.5 Å². The van der Waals surface area contributed by atoms with E-state index in [0.29, 0.717) is 18.1 Å². The minimum atomic E-state index is -0.636. The van der Waals surface area contributed by atoms with Crippen molar-refractivity contribution < 1.29 is 18.7 Å². The Labute approximate surface area is 166 Å². The molecule has 4 rings (SSSR count). The van der Waals surface area contributed by atoms with Crippen LogP contribution in [0.15, 0.2) is 30.3 Å². The molecule has 0 radical (unpaired) electrons. The Bertz CT molecular complexity index is 934. The summed E-state index contributed by atoms with van der Waals surface area (Å²) in [7, 11) is 1.85. The zero-order chi connectivity index (χ0) is 20.5. The number of nitrogens with zero attached hydrogens (tertiary/aromatic N) is 3. The lowest BCUT2D eigenvalue weighted by molar-refractivity contribution is -0.131. The number of ether oxygens (including phenoxy) is 1. The molecule has 0 spiro atoms. The lowest BCUT2D eigenvalue weighted by atomic mass is 10.1. The fourth-order valence-corrected chi connectivity index (χ4v) is 3.45. The first-order valence-corrected chi connectivity index (χ1v) is 9.18. The van der Waals surface area contributed by atoms with E-state index in [4.69, 9.17) is 4.74 Å². The lowest BCUT2D eigenvalue weighted by Gasteiger charge is -2.35. The van der Waals surface area contributed by atoms with Gasteiger partial charge in [-0.15, -0.1) is 0 Å². The van der Waals surface area contributed by atoms with Crippen molar-refractivity contribution in [3.63, 3.8) is 0 Å². The van der Waals surface area contributed by atoms with Gasteiger partial charge in [-0.25, -0.2) is 14.1 Å². The number of fused-ring (bicyclic) bond motifs is 1. The first-order chi connectivity index (χ1) is 13.9. The van der Waals surface area contributed by atoms with E-state index in [1.165, 1.54) is 22.9 Å². The maximum atomic E-state index is 13.6. The molecule has 0 bridgehead atoms. The Hall–Kier alpha value is -3.02. The predicted octanol–water partition coefficient (Wildman–Crippen LogP) is -0.0841. The number of halogens is 1. The zero-order valence-corrected chi connectivity index (χ0v) is 16.0. The molecule has 0 saturated carbocycles. The standard InChI is InChI=1S/C18H22FN7O3/c1-10-7-14(21-15(27)9-29-13-6-4-3-5-12(13)19)26(24-10)18-22-16-11(17(28)23-18)8-20-25(16)2/h3-7,11,16,18,20,22H,8-9H2,1-2H3,(H,21,27)(H,23,28). The third-order valence-corrected chi connectivity index (χ3v) is 4.87. The van der Waals surface area contributed by atoms with Crippen molar-refractivity contribution in [2.24, 2.45) is 5.92 Å². The second-order valence-corrected chi connectivity index (χ2v) is 6.99. The van der Waals surface area contributed by atoms with Gasteiger partial charge in [0.15, 0.2) is 24.5 Å². The van der Waals surface area contributed by atoms with Gasteiger partial charge in [-0.3, -0.25) is 20.3 Å². The number of carbonyl (C=O) groups excluding carboxylic acids is 2. The number of benzene rings is 1. The molecular weight excluding hydrogens is 381 g/mol. The first kappa shape index (κ1) is 19.3. The second kappa shape index (κ2) is 7.78. The minimum Gasteiger partial charge on any atom is -0.481 e. The third kappa shape index (κ3) is 3.92. The van der Waals surface area contributed by atoms with Crippen molar-refractivity contribution >= 4 is 17.6 Å². The average molecular weight is 403 g/mol. The summed E-state index contributed by atoms with van der Waals surface area (Å²) in [5, 5.41) is 15.1. The van der Waals surface area contributed by atoms with Gasteiger partial charge >= 0.3 is 0 Å². The van der Waals surface area contributed by atoms with E-state index in [9.17, 15) is 14.0 Å². The molecule has 11 heteroatoms. The van der Waals surface area contributed by atoms with Gasteiger partial charge in [0.2, 0.25) is 5.91 Å². The Balaban J connectivity index is 1.45. The first-order valence-electron chi connectivity index (χ1n) is 9.18. The average Bonchev–Trinajstić information content (AvgIpc) is 3.24. The van der Waals surface area contributed by atoms with Crippen molar-refractivity contribution in [1.82, 2.24) is 30.8 Å². The molecule has 2 fully saturated rings. The summed E-state index contributed by atoms with van der Waals surface area (Å²) in [6, 6.07) is 7.54. The molecule has 10 nitrogen and oxygen atoms in total. The van der Waals surface area contributed by atoms with Crippen molar-refractivity contribution in [1.29, 1.82) is 0 Å². The van der Waals surface area contributed by atoms with Gasteiger partial charge in [0.25, 0.3) is 5.91 Å². The Morgan fingerprint density at radius 1 is 1.41 bits per heavy atom. The summed E-state index contributed by atoms with van der Waals surface area (Å²) < 4.78 is 20.4. The molecule has 2 aliphatic heterocycles. The van der Waals surface area contributed by atoms with Gasteiger partial charge in [0.1, 0.15) is 5.82 Å². The van der Waals surface area contributed by atoms with Crippen LogP contribution in [0.5, 0.6) is 5.75 Å². The molecular formula is C18H22FN7O3. The summed E-state index contributed by atoms with van der Waals surface area (Å²) in [6.07, 6.45) is -0.839. The van der Waals surface area contributed by atoms with Gasteiger partial charge in [0, 0.05) is 19.7 Å². The largest absolute Gasteiger partial charge is 0.481 e. The van der Waals surface area contributed by atoms with E-state index >= 15 is 0 Å². The van der Waals surface area contributed by atoms with Crippen LogP contribution in [-0.2, 0) is 9.59 Å². The summed E-state index contributed by atoms with van der Waals surface area (Å²) in [5.74, 6) is -0.969. The van der Waals surface area contributed by atoms with Crippen LogP contribution in [0, 0.1) is 18.7 Å². The summed E-state index contributed by atoms with van der Waals surface area (Å²) >= 11 is 0. The lowest BCUT2D eigenvalue weighted by Crippen LogP contribution is -2.61. The van der Waals surface area contributed by atoms with Crippen molar-refractivity contribution in [3.8, 4) is 5.75 Å². The number of anilines is 1. The molecule has 1 aromatic carbocycles. The number of para-hydroxylation sites is 1. The van der Waals surface area contributed by atoms with Crippen LogP contribution in [0.4, 0.5) is 10.2 Å². The van der Waals surface area contributed by atoms with Crippen molar-refractivity contribution in [3.05, 3.63) is 41.8 Å². The van der Waals surface area contributed by atoms with E-state index in [1.807, 2.05) is 12.1 Å². The quantitative estimate of drug-likeness (QED) is 0.552. The second-order valence-electron chi connectivity index (χ2n) is 6.99. The highest BCUT2D eigenvalue weighted by molar-refractivity contribution is 5.91. The van der Waals surface area contributed by atoms with Crippen LogP contribution >= 0.6 is 0 Å². The molecule has 2 saturated heterocycles. The predicted molar refractivity (Wildman–Crippen MR) is 101 cm³/mol. The molecule has 3 heterocycles. The number of hydrogen-bond donors (Lipinski definition) is 4. The normalized spacial score (nSPS) is 24.1. The molecule has 3 atom stereocenters. The summed E-state index contributed by atoms with van der Waals surface area (Å²) in [5.41, 5.74) is 3.77. The minimum absolute atomic E-state index is 0.00337. The van der Waals surface area contributed by atoms with E-state index in [2.05, 4.69) is 26.5 Å².